The van der Waals surface area contributed by atoms with Crippen LogP contribution in [0.3, 0.4) is 0 Å². The van der Waals surface area contributed by atoms with Crippen molar-refractivity contribution in [3.8, 4) is 0 Å². The molecule has 3 rings (SSSR count). The first-order valence-electron chi connectivity index (χ1n) is 7.13. The molecule has 1 fully saturated rings. The first kappa shape index (κ1) is 14.1. The molecule has 5 heteroatoms. The minimum atomic E-state index is -0.464. The maximum absolute atomic E-state index is 13.7. The van der Waals surface area contributed by atoms with Gasteiger partial charge in [0.15, 0.2) is 17.2 Å². The average molecular weight is 291 g/mol. The Morgan fingerprint density at radius 2 is 2.24 bits per heavy atom. The molecule has 0 spiro atoms. The molecule has 0 bridgehead atoms. The average Bonchev–Trinajstić information content (AvgIpc) is 3.15. The molecule has 2 aromatic rings. The number of hydrogen-bond donors (Lipinski definition) is 2. The van der Waals surface area contributed by atoms with E-state index in [1.807, 2.05) is 0 Å². The van der Waals surface area contributed by atoms with E-state index in [1.165, 1.54) is 6.07 Å². The molecule has 1 aliphatic carbocycles. The number of para-hydroxylation sites is 1. The van der Waals surface area contributed by atoms with Crippen molar-refractivity contribution in [2.45, 2.75) is 26.2 Å². The highest BCUT2D eigenvalue weighted by Gasteiger charge is 2.42. The number of carbonyl (C=O) groups is 1. The van der Waals surface area contributed by atoms with Crippen LogP contribution in [0.4, 0.5) is 4.39 Å². The van der Waals surface area contributed by atoms with Crippen molar-refractivity contribution in [1.29, 1.82) is 0 Å². The van der Waals surface area contributed by atoms with Gasteiger partial charge >= 0.3 is 0 Å². The van der Waals surface area contributed by atoms with Gasteiger partial charge in [-0.15, -0.1) is 0 Å². The van der Waals surface area contributed by atoms with Crippen molar-refractivity contribution < 1.29 is 18.7 Å². The summed E-state index contributed by atoms with van der Waals surface area (Å²) in [6, 6.07) is 4.65. The molecule has 1 aromatic heterocycles. The summed E-state index contributed by atoms with van der Waals surface area (Å²) in [6.45, 7) is 2.40. The van der Waals surface area contributed by atoms with E-state index >= 15 is 0 Å². The number of aryl methyl sites for hydroxylation is 1. The highest BCUT2D eigenvalue weighted by molar-refractivity contribution is 5.99. The second kappa shape index (κ2) is 5.15. The van der Waals surface area contributed by atoms with Crippen LogP contribution in [0.5, 0.6) is 0 Å². The molecule has 1 heterocycles. The van der Waals surface area contributed by atoms with E-state index in [9.17, 15) is 9.18 Å². The van der Waals surface area contributed by atoms with Gasteiger partial charge in [-0.25, -0.2) is 4.39 Å². The number of fused-ring (bicyclic) bond motifs is 1. The molecule has 2 N–H and O–H groups in total. The lowest BCUT2D eigenvalue weighted by Crippen LogP contribution is -2.30. The molecule has 0 atom stereocenters. The van der Waals surface area contributed by atoms with Crippen LogP contribution in [0.1, 0.15) is 35.4 Å². The Morgan fingerprint density at radius 3 is 2.86 bits per heavy atom. The third kappa shape index (κ3) is 2.53. The molecule has 4 nitrogen and oxygen atoms in total. The second-order valence-electron chi connectivity index (χ2n) is 5.83. The van der Waals surface area contributed by atoms with Crippen LogP contribution >= 0.6 is 0 Å². The summed E-state index contributed by atoms with van der Waals surface area (Å²) in [6.07, 6.45) is 2.73. The summed E-state index contributed by atoms with van der Waals surface area (Å²) >= 11 is 0. The predicted octanol–water partition coefficient (Wildman–Crippen LogP) is 2.77. The van der Waals surface area contributed by atoms with Crippen molar-refractivity contribution in [2.24, 2.45) is 5.41 Å². The summed E-state index contributed by atoms with van der Waals surface area (Å²) < 4.78 is 19.1. The van der Waals surface area contributed by atoms with Gasteiger partial charge in [-0.2, -0.15) is 0 Å². The standard InChI is InChI=1S/C16H18FNO3/c1-10-11-3-2-4-12(17)14(11)21-13(10)15(20)18-9-16(5-6-16)7-8-19/h2-4,19H,5-9H2,1H3,(H,18,20). The fraction of sp³-hybridized carbons (Fsp3) is 0.438. The Labute approximate surface area is 121 Å². The number of amides is 1. The SMILES string of the molecule is Cc1c(C(=O)NCC2(CCO)CC2)oc2c(F)cccc12. The molecule has 1 amide bonds. The van der Waals surface area contributed by atoms with E-state index in [4.69, 9.17) is 9.52 Å². The summed E-state index contributed by atoms with van der Waals surface area (Å²) in [4.78, 5) is 12.2. The maximum atomic E-state index is 13.7. The number of nitrogens with one attached hydrogen (secondary N) is 1. The molecule has 112 valence electrons. The van der Waals surface area contributed by atoms with Crippen LogP contribution in [0, 0.1) is 18.2 Å². The Morgan fingerprint density at radius 1 is 1.48 bits per heavy atom. The third-order valence-electron chi connectivity index (χ3n) is 4.35. The lowest BCUT2D eigenvalue weighted by molar-refractivity contribution is 0.0914. The number of hydrogen-bond acceptors (Lipinski definition) is 3. The third-order valence-corrected chi connectivity index (χ3v) is 4.35. The molecule has 0 radical (unpaired) electrons. The fourth-order valence-electron chi connectivity index (χ4n) is 2.70. The van der Waals surface area contributed by atoms with Gasteiger partial charge in [-0.3, -0.25) is 4.79 Å². The summed E-state index contributed by atoms with van der Waals surface area (Å²) in [5, 5.41) is 12.5. The van der Waals surface area contributed by atoms with E-state index < -0.39 is 5.82 Å². The first-order chi connectivity index (χ1) is 10.1. The highest BCUT2D eigenvalue weighted by Crippen LogP contribution is 2.47. The second-order valence-corrected chi connectivity index (χ2v) is 5.83. The molecule has 21 heavy (non-hydrogen) atoms. The Balaban J connectivity index is 1.79. The number of carbonyl (C=O) groups excluding carboxylic acids is 1. The van der Waals surface area contributed by atoms with Crippen molar-refractivity contribution in [2.75, 3.05) is 13.2 Å². The zero-order valence-electron chi connectivity index (χ0n) is 11.9. The van der Waals surface area contributed by atoms with Gasteiger partial charge in [-0.05, 0) is 37.7 Å². The normalized spacial score (nSPS) is 16.1. The molecule has 1 aromatic carbocycles. The van der Waals surface area contributed by atoms with Gasteiger partial charge in [-0.1, -0.05) is 12.1 Å². The number of benzene rings is 1. The molecular weight excluding hydrogens is 273 g/mol. The summed E-state index contributed by atoms with van der Waals surface area (Å²) in [5.41, 5.74) is 0.806. The number of halogens is 1. The quantitative estimate of drug-likeness (QED) is 0.890. The van der Waals surface area contributed by atoms with E-state index in [-0.39, 0.29) is 29.3 Å². The zero-order chi connectivity index (χ0) is 15.0. The van der Waals surface area contributed by atoms with E-state index in [0.29, 0.717) is 23.9 Å². The van der Waals surface area contributed by atoms with Crippen LogP contribution < -0.4 is 5.32 Å². The zero-order valence-corrected chi connectivity index (χ0v) is 11.9. The highest BCUT2D eigenvalue weighted by atomic mass is 19.1. The summed E-state index contributed by atoms with van der Waals surface area (Å²) in [7, 11) is 0. The van der Waals surface area contributed by atoms with Crippen LogP contribution in [0.25, 0.3) is 11.0 Å². The van der Waals surface area contributed by atoms with Gasteiger partial charge < -0.3 is 14.8 Å². The Kier molecular flexibility index (Phi) is 3.45. The van der Waals surface area contributed by atoms with E-state index in [1.54, 1.807) is 19.1 Å². The Hall–Kier alpha value is -1.88. The topological polar surface area (TPSA) is 62.5 Å². The van der Waals surface area contributed by atoms with Gasteiger partial charge in [0.1, 0.15) is 0 Å². The molecule has 1 aliphatic rings. The van der Waals surface area contributed by atoms with Gasteiger partial charge in [0.05, 0.1) is 0 Å². The van der Waals surface area contributed by atoms with Crippen LogP contribution in [0.15, 0.2) is 22.6 Å². The van der Waals surface area contributed by atoms with Crippen LogP contribution in [0.2, 0.25) is 0 Å². The van der Waals surface area contributed by atoms with Gasteiger partial charge in [0.2, 0.25) is 0 Å². The number of furan rings is 1. The van der Waals surface area contributed by atoms with Crippen LogP contribution in [-0.4, -0.2) is 24.2 Å². The monoisotopic (exact) mass is 291 g/mol. The van der Waals surface area contributed by atoms with E-state index in [0.717, 1.165) is 12.8 Å². The lowest BCUT2D eigenvalue weighted by Gasteiger charge is -2.13. The van der Waals surface area contributed by atoms with Gasteiger partial charge in [0, 0.05) is 24.1 Å². The van der Waals surface area contributed by atoms with Crippen molar-refractivity contribution >= 4 is 16.9 Å². The fourth-order valence-corrected chi connectivity index (χ4v) is 2.70. The lowest BCUT2D eigenvalue weighted by atomic mass is 10.0. The molecular formula is C16H18FNO3. The van der Waals surface area contributed by atoms with Crippen molar-refractivity contribution in [3.05, 3.63) is 35.3 Å². The molecule has 0 unspecified atom stereocenters. The predicted molar refractivity (Wildman–Crippen MR) is 76.6 cm³/mol. The van der Waals surface area contributed by atoms with Gasteiger partial charge in [0.25, 0.3) is 5.91 Å². The molecule has 1 saturated carbocycles. The summed E-state index contributed by atoms with van der Waals surface area (Å²) in [5.74, 6) is -0.629. The van der Waals surface area contributed by atoms with E-state index in [2.05, 4.69) is 5.32 Å². The molecule has 0 saturated heterocycles. The molecule has 0 aliphatic heterocycles. The maximum Gasteiger partial charge on any atom is 0.287 e. The Bertz CT molecular complexity index is 688. The number of aliphatic hydroxyl groups is 1. The smallest absolute Gasteiger partial charge is 0.287 e. The van der Waals surface area contributed by atoms with Crippen LogP contribution in [-0.2, 0) is 0 Å². The number of aliphatic hydroxyl groups excluding tert-OH is 1. The number of rotatable bonds is 5. The first-order valence-corrected chi connectivity index (χ1v) is 7.13. The van der Waals surface area contributed by atoms with Crippen molar-refractivity contribution in [3.63, 3.8) is 0 Å². The minimum Gasteiger partial charge on any atom is -0.448 e. The largest absolute Gasteiger partial charge is 0.448 e. The van der Waals surface area contributed by atoms with Crippen molar-refractivity contribution in [1.82, 2.24) is 5.32 Å². The minimum absolute atomic E-state index is 0.0373.